The molecule has 0 amide bonds. The summed E-state index contributed by atoms with van der Waals surface area (Å²) in [6.45, 7) is 3.23. The average molecular weight is 347 g/mol. The molecule has 128 valence electrons. The van der Waals surface area contributed by atoms with Gasteiger partial charge in [-0.05, 0) is 37.6 Å². The lowest BCUT2D eigenvalue weighted by molar-refractivity contribution is -0.653. The molecule has 0 aliphatic rings. The molecule has 6 heteroatoms. The molecule has 4 aromatic heterocycles. The van der Waals surface area contributed by atoms with Crippen LogP contribution >= 0.6 is 0 Å². The molecule has 0 fully saturated rings. The van der Waals surface area contributed by atoms with Gasteiger partial charge in [0.1, 0.15) is 6.20 Å². The van der Waals surface area contributed by atoms with E-state index in [9.17, 15) is 0 Å². The Morgan fingerprint density at radius 1 is 1.04 bits per heavy atom. The first kappa shape index (κ1) is 12.1. The van der Waals surface area contributed by atoms with Crippen LogP contribution in [0.3, 0.4) is 0 Å². The van der Waals surface area contributed by atoms with Crippen molar-refractivity contribution in [3.63, 3.8) is 0 Å². The Balaban J connectivity index is 1.97. The van der Waals surface area contributed by atoms with E-state index in [1.807, 2.05) is 42.7 Å². The van der Waals surface area contributed by atoms with Crippen molar-refractivity contribution in [1.82, 2.24) is 19.5 Å². The lowest BCUT2D eigenvalue weighted by Crippen LogP contribution is -2.31. The highest BCUT2D eigenvalue weighted by atomic mass is 16.3. The maximum Gasteiger partial charge on any atom is 0.322 e. The van der Waals surface area contributed by atoms with Crippen LogP contribution in [0, 0.1) is 20.8 Å². The average Bonchev–Trinajstić information content (AvgIpc) is 3.15. The van der Waals surface area contributed by atoms with Crippen LogP contribution in [0.5, 0.6) is 0 Å². The van der Waals surface area contributed by atoms with Crippen LogP contribution in [0.2, 0.25) is 0 Å². The number of hydrogen-bond acceptors (Lipinski definition) is 4. The molecule has 5 rings (SSSR count). The fourth-order valence-electron chi connectivity index (χ4n) is 3.49. The van der Waals surface area contributed by atoms with Crippen molar-refractivity contribution in [1.29, 1.82) is 0 Å². The van der Waals surface area contributed by atoms with Crippen molar-refractivity contribution < 1.29 is 13.1 Å². The molecular weight excluding hydrogens is 326 g/mol. The zero-order valence-corrected chi connectivity index (χ0v) is 14.6. The molecular formula is C20H18N5O+. The van der Waals surface area contributed by atoms with Crippen LogP contribution in [0.4, 0.5) is 0 Å². The standard InChI is InChI=1S/C20H18N5O/c1-11-5-7-14-15-8-6-12(2)23-20(15)26-17(14)16(11)25-13(3)24(4)18-19(25)22-10-9-21-18/h5-10H,1-4H3/q+1/i4D3. The van der Waals surface area contributed by atoms with E-state index >= 15 is 0 Å². The van der Waals surface area contributed by atoms with E-state index in [-0.39, 0.29) is 0 Å². The van der Waals surface area contributed by atoms with Crippen LogP contribution in [-0.4, -0.2) is 19.5 Å². The second-order valence-electron chi connectivity index (χ2n) is 6.44. The molecule has 0 bridgehead atoms. The molecule has 5 aromatic rings. The van der Waals surface area contributed by atoms with E-state index in [1.165, 1.54) is 10.8 Å². The fraction of sp³-hybridized carbons (Fsp3) is 0.200. The molecule has 0 unspecified atom stereocenters. The number of hydrogen-bond donors (Lipinski definition) is 0. The van der Waals surface area contributed by atoms with E-state index in [0.717, 1.165) is 27.7 Å². The van der Waals surface area contributed by atoms with Gasteiger partial charge in [-0.3, -0.25) is 0 Å². The van der Waals surface area contributed by atoms with Crippen LogP contribution < -0.4 is 4.57 Å². The summed E-state index contributed by atoms with van der Waals surface area (Å²) in [6, 6.07) is 7.93. The lowest BCUT2D eigenvalue weighted by atomic mass is 10.1. The summed E-state index contributed by atoms with van der Waals surface area (Å²) in [5, 5.41) is 1.83. The van der Waals surface area contributed by atoms with Crippen molar-refractivity contribution in [2.45, 2.75) is 20.8 Å². The highest BCUT2D eigenvalue weighted by Gasteiger charge is 2.26. The second-order valence-corrected chi connectivity index (χ2v) is 6.44. The number of rotatable bonds is 1. The predicted molar refractivity (Wildman–Crippen MR) is 99.3 cm³/mol. The molecule has 0 saturated heterocycles. The predicted octanol–water partition coefficient (Wildman–Crippen LogP) is 3.46. The van der Waals surface area contributed by atoms with Crippen molar-refractivity contribution in [3.05, 3.63) is 53.7 Å². The van der Waals surface area contributed by atoms with Crippen LogP contribution in [0.15, 0.2) is 41.1 Å². The Hall–Kier alpha value is -3.28. The summed E-state index contributed by atoms with van der Waals surface area (Å²) in [6.07, 6.45) is 3.05. The zero-order valence-electron chi connectivity index (χ0n) is 17.6. The summed E-state index contributed by atoms with van der Waals surface area (Å²) >= 11 is 0. The highest BCUT2D eigenvalue weighted by molar-refractivity contribution is 6.07. The lowest BCUT2D eigenvalue weighted by Gasteiger charge is -2.06. The summed E-state index contributed by atoms with van der Waals surface area (Å²) in [5.41, 5.74) is 4.48. The first-order chi connectivity index (χ1) is 13.8. The molecule has 0 saturated carbocycles. The number of imidazole rings is 1. The third kappa shape index (κ3) is 1.87. The van der Waals surface area contributed by atoms with Gasteiger partial charge in [-0.1, -0.05) is 6.07 Å². The van der Waals surface area contributed by atoms with E-state index < -0.39 is 6.98 Å². The van der Waals surface area contributed by atoms with Crippen molar-refractivity contribution in [3.8, 4) is 5.69 Å². The molecule has 26 heavy (non-hydrogen) atoms. The SMILES string of the molecule is [2H]C([2H])([2H])[n+]1c(C)n(-c2c(C)ccc3c2oc2nc(C)ccc23)c2nccnc21. The monoisotopic (exact) mass is 347 g/mol. The molecule has 0 radical (unpaired) electrons. The fourth-order valence-corrected chi connectivity index (χ4v) is 3.49. The van der Waals surface area contributed by atoms with Crippen molar-refractivity contribution in [2.24, 2.45) is 6.98 Å². The molecule has 0 aliphatic heterocycles. The van der Waals surface area contributed by atoms with Crippen molar-refractivity contribution >= 4 is 33.4 Å². The summed E-state index contributed by atoms with van der Waals surface area (Å²) < 4.78 is 33.2. The second kappa shape index (κ2) is 5.11. The Morgan fingerprint density at radius 3 is 2.69 bits per heavy atom. The summed E-state index contributed by atoms with van der Waals surface area (Å²) in [7, 11) is 0. The topological polar surface area (TPSA) is 60.6 Å². The first-order valence-electron chi connectivity index (χ1n) is 9.82. The number of nitrogens with zero attached hydrogens (tertiary/aromatic N) is 5. The quantitative estimate of drug-likeness (QED) is 0.436. The van der Waals surface area contributed by atoms with Crippen LogP contribution in [-0.2, 0) is 6.98 Å². The number of pyridine rings is 1. The largest absolute Gasteiger partial charge is 0.434 e. The van der Waals surface area contributed by atoms with Crippen molar-refractivity contribution in [2.75, 3.05) is 0 Å². The van der Waals surface area contributed by atoms with Gasteiger partial charge in [0.2, 0.25) is 11.5 Å². The van der Waals surface area contributed by atoms with Gasteiger partial charge in [0.05, 0.1) is 17.3 Å². The van der Waals surface area contributed by atoms with Crippen LogP contribution in [0.1, 0.15) is 21.2 Å². The van der Waals surface area contributed by atoms with Gasteiger partial charge < -0.3 is 4.42 Å². The molecule has 0 aliphatic carbocycles. The molecule has 0 N–H and O–H groups in total. The number of aryl methyl sites for hydroxylation is 3. The molecule has 0 atom stereocenters. The van der Waals surface area contributed by atoms with E-state index in [1.54, 1.807) is 13.1 Å². The van der Waals surface area contributed by atoms with Gasteiger partial charge in [0.15, 0.2) is 11.3 Å². The van der Waals surface area contributed by atoms with Gasteiger partial charge in [-0.25, -0.2) is 19.1 Å². The Bertz CT molecular complexity index is 1430. The van der Waals surface area contributed by atoms with Gasteiger partial charge >= 0.3 is 5.65 Å². The Kier molecular flexibility index (Phi) is 2.38. The van der Waals surface area contributed by atoms with Gasteiger partial charge in [-0.2, -0.15) is 0 Å². The van der Waals surface area contributed by atoms with Gasteiger partial charge in [0, 0.05) is 23.4 Å². The smallest absolute Gasteiger partial charge is 0.322 e. The minimum absolute atomic E-state index is 0.298. The number of furan rings is 1. The normalized spacial score (nSPS) is 14.0. The zero-order chi connectivity index (χ0) is 20.5. The minimum atomic E-state index is -2.39. The minimum Gasteiger partial charge on any atom is -0.434 e. The maximum atomic E-state index is 7.98. The molecule has 1 aromatic carbocycles. The summed E-state index contributed by atoms with van der Waals surface area (Å²) in [5.74, 6) is 0.492. The summed E-state index contributed by atoms with van der Waals surface area (Å²) in [4.78, 5) is 13.2. The highest BCUT2D eigenvalue weighted by Crippen LogP contribution is 2.35. The third-order valence-corrected chi connectivity index (χ3v) is 4.78. The maximum absolute atomic E-state index is 7.98. The Morgan fingerprint density at radius 2 is 1.85 bits per heavy atom. The van der Waals surface area contributed by atoms with E-state index in [2.05, 4.69) is 15.0 Å². The number of aromatic nitrogens is 5. The van der Waals surface area contributed by atoms with Gasteiger partial charge in [-0.15, -0.1) is 4.98 Å². The van der Waals surface area contributed by atoms with E-state index in [4.69, 9.17) is 8.53 Å². The number of fused-ring (bicyclic) bond motifs is 4. The first-order valence-corrected chi connectivity index (χ1v) is 8.32. The van der Waals surface area contributed by atoms with Gasteiger partial charge in [0.25, 0.3) is 5.65 Å². The molecule has 4 heterocycles. The van der Waals surface area contributed by atoms with E-state index in [0.29, 0.717) is 28.4 Å². The molecule has 0 spiro atoms. The Labute approximate surface area is 154 Å². The number of benzene rings is 1. The third-order valence-electron chi connectivity index (χ3n) is 4.78. The van der Waals surface area contributed by atoms with Crippen LogP contribution in [0.25, 0.3) is 39.1 Å². The molecule has 6 nitrogen and oxygen atoms in total.